The van der Waals surface area contributed by atoms with E-state index in [0.29, 0.717) is 22.0 Å². The number of hydrazone groups is 1. The van der Waals surface area contributed by atoms with Crippen LogP contribution in [0, 0.1) is 20.2 Å². The zero-order valence-corrected chi connectivity index (χ0v) is 15.6. The number of hydrogen-bond acceptors (Lipinski definition) is 10. The summed E-state index contributed by atoms with van der Waals surface area (Å²) >= 11 is 1.27. The zero-order valence-electron chi connectivity index (χ0n) is 14.8. The number of anilines is 1. The number of rotatable bonds is 7. The van der Waals surface area contributed by atoms with Crippen LogP contribution in [-0.4, -0.2) is 33.3 Å². The van der Waals surface area contributed by atoms with Crippen LogP contribution in [0.5, 0.6) is 11.5 Å². The van der Waals surface area contributed by atoms with Gasteiger partial charge in [-0.3, -0.25) is 25.7 Å². The molecule has 0 aliphatic carbocycles. The largest absolute Gasteiger partial charge is 0.500 e. The maximum absolute atomic E-state index is 11.0. The number of nitrogens with zero attached hydrogens (tertiary/aromatic N) is 4. The Morgan fingerprint density at radius 3 is 2.55 bits per heavy atom. The topological polar surface area (TPSA) is 153 Å². The standard InChI is InChI=1S/C17H13N5O6S/c1-28-15-7-10(6-14(16(15)23)22(26)27)8-18-20-17-19-13(9-29-17)11-2-4-12(5-3-11)21(24)25/h2-9,23H,1H3,(H,19,20). The van der Waals surface area contributed by atoms with Crippen molar-refractivity contribution in [3.8, 4) is 22.8 Å². The van der Waals surface area contributed by atoms with Crippen LogP contribution in [0.4, 0.5) is 16.5 Å². The molecular formula is C17H13N5O6S. The number of benzene rings is 2. The Bertz CT molecular complexity index is 1100. The second-order valence-electron chi connectivity index (χ2n) is 5.56. The molecule has 1 heterocycles. The molecule has 29 heavy (non-hydrogen) atoms. The van der Waals surface area contributed by atoms with Crippen molar-refractivity contribution in [2.75, 3.05) is 12.5 Å². The maximum atomic E-state index is 11.0. The number of hydrogen-bond donors (Lipinski definition) is 2. The first kappa shape index (κ1) is 19.7. The fourth-order valence-corrected chi connectivity index (χ4v) is 3.03. The summed E-state index contributed by atoms with van der Waals surface area (Å²) < 4.78 is 4.93. The third-order valence-electron chi connectivity index (χ3n) is 3.75. The summed E-state index contributed by atoms with van der Waals surface area (Å²) in [5, 5.41) is 37.7. The lowest BCUT2D eigenvalue weighted by Gasteiger charge is -2.04. The number of nitro groups is 2. The first-order chi connectivity index (χ1) is 13.9. The molecule has 0 spiro atoms. The van der Waals surface area contributed by atoms with Crippen LogP contribution in [0.2, 0.25) is 0 Å². The molecule has 2 N–H and O–H groups in total. The molecule has 0 aliphatic rings. The Balaban J connectivity index is 1.74. The summed E-state index contributed by atoms with van der Waals surface area (Å²) in [4.78, 5) is 24.9. The number of aromatic hydroxyl groups is 1. The van der Waals surface area contributed by atoms with Crippen molar-refractivity contribution < 1.29 is 19.7 Å². The van der Waals surface area contributed by atoms with Crippen LogP contribution in [0.1, 0.15) is 5.56 Å². The molecule has 0 radical (unpaired) electrons. The Kier molecular flexibility index (Phi) is 5.64. The average Bonchev–Trinajstić information content (AvgIpc) is 3.17. The molecule has 0 aliphatic heterocycles. The van der Waals surface area contributed by atoms with Crippen LogP contribution in [0.15, 0.2) is 46.9 Å². The van der Waals surface area contributed by atoms with Gasteiger partial charge in [-0.2, -0.15) is 5.10 Å². The summed E-state index contributed by atoms with van der Waals surface area (Å²) in [6.07, 6.45) is 1.32. The Hall–Kier alpha value is -4.06. The lowest BCUT2D eigenvalue weighted by Crippen LogP contribution is -1.96. The van der Waals surface area contributed by atoms with Crippen LogP contribution in [0.25, 0.3) is 11.3 Å². The molecule has 0 saturated carbocycles. The van der Waals surface area contributed by atoms with Gasteiger partial charge >= 0.3 is 5.69 Å². The molecule has 0 atom stereocenters. The van der Waals surface area contributed by atoms with Gasteiger partial charge in [0, 0.05) is 34.7 Å². The second-order valence-corrected chi connectivity index (χ2v) is 6.42. The molecule has 148 valence electrons. The fraction of sp³-hybridized carbons (Fsp3) is 0.0588. The van der Waals surface area contributed by atoms with E-state index < -0.39 is 21.3 Å². The zero-order chi connectivity index (χ0) is 21.0. The van der Waals surface area contributed by atoms with Gasteiger partial charge in [0.05, 0.1) is 28.9 Å². The van der Waals surface area contributed by atoms with Crippen molar-refractivity contribution in [1.82, 2.24) is 4.98 Å². The van der Waals surface area contributed by atoms with Gasteiger partial charge in [-0.25, -0.2) is 4.98 Å². The van der Waals surface area contributed by atoms with E-state index in [4.69, 9.17) is 4.74 Å². The third kappa shape index (κ3) is 4.44. The minimum absolute atomic E-state index is 0.00894. The molecule has 11 nitrogen and oxygen atoms in total. The van der Waals surface area contributed by atoms with Crippen molar-refractivity contribution in [2.24, 2.45) is 5.10 Å². The molecule has 3 aromatic rings. The molecule has 0 unspecified atom stereocenters. The van der Waals surface area contributed by atoms with E-state index in [0.717, 1.165) is 6.07 Å². The predicted octanol–water partition coefficient (Wildman–Crippen LogP) is 3.79. The van der Waals surface area contributed by atoms with Gasteiger partial charge in [0.25, 0.3) is 5.69 Å². The number of nitrogens with one attached hydrogen (secondary N) is 1. The highest BCUT2D eigenvalue weighted by Crippen LogP contribution is 2.36. The fourth-order valence-electron chi connectivity index (χ4n) is 2.36. The van der Waals surface area contributed by atoms with Crippen LogP contribution < -0.4 is 10.2 Å². The monoisotopic (exact) mass is 415 g/mol. The molecule has 12 heteroatoms. The molecule has 0 amide bonds. The van der Waals surface area contributed by atoms with Crippen molar-refractivity contribution in [1.29, 1.82) is 0 Å². The Morgan fingerprint density at radius 2 is 1.93 bits per heavy atom. The third-order valence-corrected chi connectivity index (χ3v) is 4.49. The van der Waals surface area contributed by atoms with Gasteiger partial charge in [0.1, 0.15) is 0 Å². The van der Waals surface area contributed by atoms with Crippen LogP contribution >= 0.6 is 11.3 Å². The Morgan fingerprint density at radius 1 is 1.21 bits per heavy atom. The number of methoxy groups -OCH3 is 1. The number of nitro benzene ring substituents is 2. The number of ether oxygens (including phenoxy) is 1. The number of aromatic nitrogens is 1. The number of thiazole rings is 1. The number of phenols is 1. The van der Waals surface area contributed by atoms with Crippen LogP contribution in [-0.2, 0) is 0 Å². The van der Waals surface area contributed by atoms with E-state index in [-0.39, 0.29) is 11.4 Å². The molecule has 0 saturated heterocycles. The lowest BCUT2D eigenvalue weighted by atomic mass is 10.1. The maximum Gasteiger partial charge on any atom is 0.315 e. The second kappa shape index (κ2) is 8.31. The van der Waals surface area contributed by atoms with Crippen molar-refractivity contribution >= 4 is 34.1 Å². The normalized spacial score (nSPS) is 10.8. The summed E-state index contributed by atoms with van der Waals surface area (Å²) in [7, 11) is 1.28. The first-order valence-electron chi connectivity index (χ1n) is 7.94. The van der Waals surface area contributed by atoms with Crippen molar-refractivity contribution in [3.63, 3.8) is 0 Å². The highest BCUT2D eigenvalue weighted by molar-refractivity contribution is 7.14. The van der Waals surface area contributed by atoms with Crippen molar-refractivity contribution in [3.05, 3.63) is 67.6 Å². The van der Waals surface area contributed by atoms with Crippen molar-refractivity contribution in [2.45, 2.75) is 0 Å². The Labute approximate surface area is 167 Å². The molecule has 2 aromatic carbocycles. The number of non-ortho nitro benzene ring substituents is 1. The highest BCUT2D eigenvalue weighted by Gasteiger charge is 2.19. The SMILES string of the molecule is COc1cc(C=NNc2nc(-c3ccc([N+](=O)[O-])cc3)cs2)cc([N+](=O)[O-])c1O. The summed E-state index contributed by atoms with van der Waals surface area (Å²) in [5.41, 5.74) is 3.87. The van der Waals surface area contributed by atoms with E-state index in [2.05, 4.69) is 15.5 Å². The smallest absolute Gasteiger partial charge is 0.315 e. The van der Waals surface area contributed by atoms with E-state index in [1.807, 2.05) is 0 Å². The van der Waals surface area contributed by atoms with Gasteiger partial charge in [-0.05, 0) is 18.2 Å². The molecule has 1 aromatic heterocycles. The minimum atomic E-state index is -0.722. The average molecular weight is 415 g/mol. The molecule has 0 fully saturated rings. The van der Waals surface area contributed by atoms with Gasteiger partial charge in [-0.15, -0.1) is 11.3 Å². The molecule has 3 rings (SSSR count). The lowest BCUT2D eigenvalue weighted by molar-refractivity contribution is -0.386. The summed E-state index contributed by atoms with van der Waals surface area (Å²) in [5.74, 6) is -0.606. The van der Waals surface area contributed by atoms with Gasteiger partial charge in [0.2, 0.25) is 10.9 Å². The number of phenolic OH excluding ortho intramolecular Hbond substituents is 1. The van der Waals surface area contributed by atoms with E-state index in [1.165, 1.54) is 42.9 Å². The quantitative estimate of drug-likeness (QED) is 0.336. The van der Waals surface area contributed by atoms with E-state index in [9.17, 15) is 25.3 Å². The summed E-state index contributed by atoms with van der Waals surface area (Å²) in [6.45, 7) is 0. The predicted molar refractivity (Wildman–Crippen MR) is 107 cm³/mol. The van der Waals surface area contributed by atoms with Gasteiger partial charge in [-0.1, -0.05) is 0 Å². The summed E-state index contributed by atoms with van der Waals surface area (Å²) in [6, 6.07) is 8.55. The molecular weight excluding hydrogens is 402 g/mol. The van der Waals surface area contributed by atoms with Gasteiger partial charge < -0.3 is 9.84 Å². The van der Waals surface area contributed by atoms with Gasteiger partial charge in [0.15, 0.2) is 5.75 Å². The first-order valence-corrected chi connectivity index (χ1v) is 8.82. The van der Waals surface area contributed by atoms with Crippen LogP contribution in [0.3, 0.4) is 0 Å². The molecule has 0 bridgehead atoms. The minimum Gasteiger partial charge on any atom is -0.500 e. The van der Waals surface area contributed by atoms with E-state index in [1.54, 1.807) is 17.5 Å². The highest BCUT2D eigenvalue weighted by atomic mass is 32.1. The van der Waals surface area contributed by atoms with E-state index >= 15 is 0 Å².